The Bertz CT molecular complexity index is 681. The first-order valence-corrected chi connectivity index (χ1v) is 6.89. The van der Waals surface area contributed by atoms with Gasteiger partial charge in [0.25, 0.3) is 0 Å². The first kappa shape index (κ1) is 16.4. The van der Waals surface area contributed by atoms with E-state index in [9.17, 15) is 18.8 Å². The van der Waals surface area contributed by atoms with Crippen molar-refractivity contribution in [2.24, 2.45) is 5.92 Å². The van der Waals surface area contributed by atoms with Crippen LogP contribution in [0.2, 0.25) is 0 Å². The zero-order valence-electron chi connectivity index (χ0n) is 12.3. The Morgan fingerprint density at radius 2 is 1.87 bits per heavy atom. The Morgan fingerprint density at radius 3 is 2.48 bits per heavy atom. The van der Waals surface area contributed by atoms with Gasteiger partial charge in [-0.3, -0.25) is 14.4 Å². The third kappa shape index (κ3) is 3.82. The number of hydrogen-bond donors (Lipinski definition) is 2. The Kier molecular flexibility index (Phi) is 4.90. The molecular weight excluding hydrogens is 301 g/mol. The second-order valence-electron chi connectivity index (χ2n) is 5.02. The quantitative estimate of drug-likeness (QED) is 0.809. The molecule has 23 heavy (non-hydrogen) atoms. The zero-order valence-corrected chi connectivity index (χ0v) is 12.3. The SMILES string of the molecule is C=CC(=O)Nc1cc(NC(=O)C2CN(C(=O)C=C)C2)ccc1F. The number of carbonyl (C=O) groups is 3. The van der Waals surface area contributed by atoms with E-state index in [0.717, 1.165) is 12.1 Å². The van der Waals surface area contributed by atoms with E-state index in [-0.39, 0.29) is 23.4 Å². The molecule has 2 rings (SSSR count). The molecule has 0 unspecified atom stereocenters. The van der Waals surface area contributed by atoms with Crippen molar-refractivity contribution in [3.05, 3.63) is 49.3 Å². The monoisotopic (exact) mass is 317 g/mol. The van der Waals surface area contributed by atoms with E-state index in [0.29, 0.717) is 18.8 Å². The van der Waals surface area contributed by atoms with Gasteiger partial charge >= 0.3 is 0 Å². The molecule has 0 spiro atoms. The highest BCUT2D eigenvalue weighted by molar-refractivity contribution is 6.00. The lowest BCUT2D eigenvalue weighted by atomic mass is 9.99. The second-order valence-corrected chi connectivity index (χ2v) is 5.02. The van der Waals surface area contributed by atoms with Crippen molar-refractivity contribution in [2.45, 2.75) is 0 Å². The van der Waals surface area contributed by atoms with Crippen molar-refractivity contribution in [1.29, 1.82) is 0 Å². The van der Waals surface area contributed by atoms with Gasteiger partial charge < -0.3 is 15.5 Å². The molecule has 120 valence electrons. The van der Waals surface area contributed by atoms with Gasteiger partial charge in [-0.2, -0.15) is 0 Å². The van der Waals surface area contributed by atoms with Crippen LogP contribution in [0.1, 0.15) is 0 Å². The number of nitrogens with zero attached hydrogens (tertiary/aromatic N) is 1. The van der Waals surface area contributed by atoms with Crippen LogP contribution in [0.25, 0.3) is 0 Å². The van der Waals surface area contributed by atoms with Crippen LogP contribution in [0.4, 0.5) is 15.8 Å². The highest BCUT2D eigenvalue weighted by atomic mass is 19.1. The van der Waals surface area contributed by atoms with Gasteiger partial charge in [0.05, 0.1) is 11.6 Å². The van der Waals surface area contributed by atoms with Gasteiger partial charge in [0, 0.05) is 18.8 Å². The summed E-state index contributed by atoms with van der Waals surface area (Å²) in [6.45, 7) is 7.30. The minimum atomic E-state index is -0.621. The molecule has 0 bridgehead atoms. The first-order chi connectivity index (χ1) is 10.9. The number of nitrogens with one attached hydrogen (secondary N) is 2. The number of rotatable bonds is 5. The number of anilines is 2. The summed E-state index contributed by atoms with van der Waals surface area (Å²) >= 11 is 0. The van der Waals surface area contributed by atoms with Gasteiger partial charge in [0.1, 0.15) is 5.82 Å². The summed E-state index contributed by atoms with van der Waals surface area (Å²) in [5, 5.41) is 4.95. The van der Waals surface area contributed by atoms with E-state index in [1.54, 1.807) is 0 Å². The molecule has 0 radical (unpaired) electrons. The van der Waals surface area contributed by atoms with Crippen molar-refractivity contribution >= 4 is 29.1 Å². The molecule has 1 aliphatic rings. The van der Waals surface area contributed by atoms with Crippen LogP contribution in [0.3, 0.4) is 0 Å². The van der Waals surface area contributed by atoms with Crippen LogP contribution >= 0.6 is 0 Å². The Hall–Kier alpha value is -2.96. The molecule has 1 aromatic rings. The Morgan fingerprint density at radius 1 is 1.17 bits per heavy atom. The molecule has 0 saturated carbocycles. The third-order valence-electron chi connectivity index (χ3n) is 3.42. The van der Waals surface area contributed by atoms with Crippen LogP contribution in [-0.4, -0.2) is 35.7 Å². The predicted octanol–water partition coefficient (Wildman–Crippen LogP) is 1.53. The molecule has 1 saturated heterocycles. The average molecular weight is 317 g/mol. The standard InChI is InChI=1S/C16H16FN3O3/c1-3-14(21)19-13-7-11(5-6-12(13)17)18-16(23)10-8-20(9-10)15(22)4-2/h3-7,10H,1-2,8-9H2,(H,18,23)(H,19,21). The molecule has 0 aromatic heterocycles. The van der Waals surface area contributed by atoms with Gasteiger partial charge in [0.2, 0.25) is 17.7 Å². The lowest BCUT2D eigenvalue weighted by Crippen LogP contribution is -2.53. The number of halogens is 1. The van der Waals surface area contributed by atoms with E-state index in [4.69, 9.17) is 0 Å². The third-order valence-corrected chi connectivity index (χ3v) is 3.42. The van der Waals surface area contributed by atoms with Gasteiger partial charge in [-0.05, 0) is 30.4 Å². The predicted molar refractivity (Wildman–Crippen MR) is 84.1 cm³/mol. The summed E-state index contributed by atoms with van der Waals surface area (Å²) in [7, 11) is 0. The van der Waals surface area contributed by atoms with Crippen molar-refractivity contribution in [3.8, 4) is 0 Å². The molecule has 1 aromatic carbocycles. The Labute approximate surface area is 132 Å². The van der Waals surface area contributed by atoms with Crippen molar-refractivity contribution in [3.63, 3.8) is 0 Å². The number of amides is 3. The highest BCUT2D eigenvalue weighted by Gasteiger charge is 2.34. The van der Waals surface area contributed by atoms with Crippen LogP contribution in [-0.2, 0) is 14.4 Å². The van der Waals surface area contributed by atoms with Crippen molar-refractivity contribution < 1.29 is 18.8 Å². The van der Waals surface area contributed by atoms with E-state index in [2.05, 4.69) is 23.8 Å². The first-order valence-electron chi connectivity index (χ1n) is 6.89. The summed E-state index contributed by atoms with van der Waals surface area (Å²) < 4.78 is 13.6. The fourth-order valence-corrected chi connectivity index (χ4v) is 2.08. The van der Waals surface area contributed by atoms with Gasteiger partial charge in [0.15, 0.2) is 0 Å². The van der Waals surface area contributed by atoms with Crippen LogP contribution in [0, 0.1) is 11.7 Å². The molecule has 3 amide bonds. The van der Waals surface area contributed by atoms with Crippen LogP contribution < -0.4 is 10.6 Å². The lowest BCUT2D eigenvalue weighted by molar-refractivity contribution is -0.137. The summed E-state index contributed by atoms with van der Waals surface area (Å²) in [5.41, 5.74) is 0.300. The number of likely N-dealkylation sites (tertiary alicyclic amines) is 1. The fraction of sp³-hybridized carbons (Fsp3) is 0.188. The van der Waals surface area contributed by atoms with Gasteiger partial charge in [-0.1, -0.05) is 13.2 Å². The number of benzene rings is 1. The summed E-state index contributed by atoms with van der Waals surface area (Å²) in [4.78, 5) is 36.1. The Balaban J connectivity index is 1.98. The molecule has 2 N–H and O–H groups in total. The maximum absolute atomic E-state index is 13.6. The van der Waals surface area contributed by atoms with Gasteiger partial charge in [-0.15, -0.1) is 0 Å². The second kappa shape index (κ2) is 6.87. The van der Waals surface area contributed by atoms with Gasteiger partial charge in [-0.25, -0.2) is 4.39 Å². The van der Waals surface area contributed by atoms with E-state index >= 15 is 0 Å². The number of carbonyl (C=O) groups excluding carboxylic acids is 3. The van der Waals surface area contributed by atoms with E-state index in [1.807, 2.05) is 0 Å². The van der Waals surface area contributed by atoms with Crippen LogP contribution in [0.15, 0.2) is 43.5 Å². The molecule has 1 aliphatic heterocycles. The lowest BCUT2D eigenvalue weighted by Gasteiger charge is -2.37. The minimum Gasteiger partial charge on any atom is -0.337 e. The highest BCUT2D eigenvalue weighted by Crippen LogP contribution is 2.22. The van der Waals surface area contributed by atoms with E-state index in [1.165, 1.54) is 23.1 Å². The largest absolute Gasteiger partial charge is 0.337 e. The molecule has 0 aliphatic carbocycles. The smallest absolute Gasteiger partial charge is 0.247 e. The molecule has 6 nitrogen and oxygen atoms in total. The normalized spacial score (nSPS) is 13.7. The summed E-state index contributed by atoms with van der Waals surface area (Å²) in [6.07, 6.45) is 2.22. The molecule has 1 fully saturated rings. The average Bonchev–Trinajstić information content (AvgIpc) is 2.48. The topological polar surface area (TPSA) is 78.5 Å². The van der Waals surface area contributed by atoms with Crippen molar-refractivity contribution in [1.82, 2.24) is 4.90 Å². The molecule has 0 atom stereocenters. The summed E-state index contributed by atoms with van der Waals surface area (Å²) in [6, 6.07) is 3.85. The van der Waals surface area contributed by atoms with Crippen molar-refractivity contribution in [2.75, 3.05) is 23.7 Å². The fourth-order valence-electron chi connectivity index (χ4n) is 2.08. The maximum atomic E-state index is 13.6. The molecular formula is C16H16FN3O3. The van der Waals surface area contributed by atoms with E-state index < -0.39 is 11.7 Å². The zero-order chi connectivity index (χ0) is 17.0. The molecule has 7 heteroatoms. The van der Waals surface area contributed by atoms with Crippen LogP contribution in [0.5, 0.6) is 0 Å². The summed E-state index contributed by atoms with van der Waals surface area (Å²) in [5.74, 6) is -1.99. The minimum absolute atomic E-state index is 0.0511. The molecule has 1 heterocycles. The number of hydrogen-bond acceptors (Lipinski definition) is 3. The maximum Gasteiger partial charge on any atom is 0.247 e.